The number of carbonyl (C=O) groups is 2. The number of thioether (sulfide) groups is 1. The van der Waals surface area contributed by atoms with Crippen LogP contribution in [0.1, 0.15) is 39.5 Å². The molecule has 0 aromatic heterocycles. The minimum atomic E-state index is -1.43. The summed E-state index contributed by atoms with van der Waals surface area (Å²) in [6, 6.07) is -0.186. The van der Waals surface area contributed by atoms with Crippen molar-refractivity contribution >= 4 is 23.8 Å². The summed E-state index contributed by atoms with van der Waals surface area (Å²) in [4.78, 5) is 22.4. The van der Waals surface area contributed by atoms with Crippen LogP contribution in [0.5, 0.6) is 0 Å². The van der Waals surface area contributed by atoms with Crippen molar-refractivity contribution in [3.63, 3.8) is 0 Å². The Kier molecular flexibility index (Phi) is 6.61. The zero-order valence-electron chi connectivity index (χ0n) is 12.0. The number of carbonyl (C=O) groups excluding carboxylic acids is 1. The van der Waals surface area contributed by atoms with Crippen LogP contribution in [0, 0.1) is 0 Å². The maximum Gasteiger partial charge on any atom is 0.315 e. The largest absolute Gasteiger partial charge is 0.481 e. The van der Waals surface area contributed by atoms with E-state index >= 15 is 0 Å². The van der Waals surface area contributed by atoms with Crippen LogP contribution in [-0.4, -0.2) is 51.4 Å². The standard InChI is InChI=1S/C13H24N2O4S/c1-3-20-10-6-4-5-9(10)15-12(18)14-8-13(2,19)7-11(16)17/h9-10,19H,3-8H2,1-2H3,(H,16,17)(H2,14,15,18). The highest BCUT2D eigenvalue weighted by molar-refractivity contribution is 7.99. The van der Waals surface area contributed by atoms with Crippen molar-refractivity contribution in [1.29, 1.82) is 0 Å². The predicted octanol–water partition coefficient (Wildman–Crippen LogP) is 1.19. The van der Waals surface area contributed by atoms with Crippen molar-refractivity contribution < 1.29 is 19.8 Å². The first kappa shape index (κ1) is 17.1. The summed E-state index contributed by atoms with van der Waals surface area (Å²) in [7, 11) is 0. The average Bonchev–Trinajstić information content (AvgIpc) is 2.73. The van der Waals surface area contributed by atoms with E-state index in [4.69, 9.17) is 5.11 Å². The number of carboxylic acid groups (broad SMARTS) is 1. The lowest BCUT2D eigenvalue weighted by Crippen LogP contribution is -2.49. The van der Waals surface area contributed by atoms with E-state index in [0.29, 0.717) is 5.25 Å². The fourth-order valence-electron chi connectivity index (χ4n) is 2.38. The minimum absolute atomic E-state index is 0.0799. The molecule has 6 nitrogen and oxygen atoms in total. The molecule has 4 N–H and O–H groups in total. The molecule has 1 saturated carbocycles. The van der Waals surface area contributed by atoms with Gasteiger partial charge in [0.25, 0.3) is 0 Å². The van der Waals surface area contributed by atoms with Crippen LogP contribution in [0.15, 0.2) is 0 Å². The van der Waals surface area contributed by atoms with E-state index in [1.807, 2.05) is 11.8 Å². The molecule has 0 aliphatic heterocycles. The summed E-state index contributed by atoms with van der Waals surface area (Å²) in [6.45, 7) is 3.42. The van der Waals surface area contributed by atoms with Crippen LogP contribution in [0.3, 0.4) is 0 Å². The number of rotatable bonds is 7. The number of hydrogen-bond acceptors (Lipinski definition) is 4. The fourth-order valence-corrected chi connectivity index (χ4v) is 3.58. The molecule has 1 rings (SSSR count). The van der Waals surface area contributed by atoms with E-state index in [1.54, 1.807) is 0 Å². The maximum absolute atomic E-state index is 11.8. The lowest BCUT2D eigenvalue weighted by atomic mass is 10.0. The number of urea groups is 1. The van der Waals surface area contributed by atoms with E-state index in [2.05, 4.69) is 17.6 Å². The average molecular weight is 304 g/mol. The van der Waals surface area contributed by atoms with Gasteiger partial charge in [-0.2, -0.15) is 11.8 Å². The molecule has 7 heteroatoms. The smallest absolute Gasteiger partial charge is 0.315 e. The molecular weight excluding hydrogens is 280 g/mol. The Morgan fingerprint density at radius 3 is 2.70 bits per heavy atom. The summed E-state index contributed by atoms with van der Waals surface area (Å²) >= 11 is 1.85. The van der Waals surface area contributed by atoms with Crippen molar-refractivity contribution in [3.05, 3.63) is 0 Å². The molecule has 1 aliphatic rings. The SMILES string of the molecule is CCSC1CCCC1NC(=O)NCC(C)(O)CC(=O)O. The number of nitrogens with one attached hydrogen (secondary N) is 2. The Bertz CT molecular complexity index is 349. The van der Waals surface area contributed by atoms with Gasteiger partial charge in [-0.15, -0.1) is 0 Å². The van der Waals surface area contributed by atoms with Crippen LogP contribution in [0.25, 0.3) is 0 Å². The Balaban J connectivity index is 2.34. The number of aliphatic carboxylic acids is 1. The summed E-state index contributed by atoms with van der Waals surface area (Å²) in [5.41, 5.74) is -1.43. The molecule has 0 bridgehead atoms. The van der Waals surface area contributed by atoms with E-state index in [1.165, 1.54) is 6.92 Å². The zero-order valence-corrected chi connectivity index (χ0v) is 12.8. The maximum atomic E-state index is 11.8. The van der Waals surface area contributed by atoms with Gasteiger partial charge in [0.1, 0.15) is 0 Å². The second-order valence-corrected chi connectivity index (χ2v) is 6.94. The lowest BCUT2D eigenvalue weighted by Gasteiger charge is -2.24. The van der Waals surface area contributed by atoms with Gasteiger partial charge in [-0.25, -0.2) is 4.79 Å². The van der Waals surface area contributed by atoms with Gasteiger partial charge in [-0.05, 0) is 25.5 Å². The number of aliphatic hydroxyl groups is 1. The highest BCUT2D eigenvalue weighted by atomic mass is 32.2. The molecule has 20 heavy (non-hydrogen) atoms. The van der Waals surface area contributed by atoms with Crippen LogP contribution in [0.2, 0.25) is 0 Å². The highest BCUT2D eigenvalue weighted by Crippen LogP contribution is 2.29. The van der Waals surface area contributed by atoms with E-state index in [-0.39, 0.29) is 18.6 Å². The van der Waals surface area contributed by atoms with Gasteiger partial charge in [-0.3, -0.25) is 4.79 Å². The summed E-state index contributed by atoms with van der Waals surface area (Å²) in [5.74, 6) is -0.0648. The third-order valence-electron chi connectivity index (χ3n) is 3.31. The van der Waals surface area contributed by atoms with Crippen molar-refractivity contribution in [3.8, 4) is 0 Å². The molecule has 0 spiro atoms. The summed E-state index contributed by atoms with van der Waals surface area (Å²) < 4.78 is 0. The van der Waals surface area contributed by atoms with Crippen molar-refractivity contribution in [2.24, 2.45) is 0 Å². The lowest BCUT2D eigenvalue weighted by molar-refractivity contribution is -0.141. The molecule has 0 radical (unpaired) electrons. The van der Waals surface area contributed by atoms with Crippen LogP contribution in [0.4, 0.5) is 4.79 Å². The van der Waals surface area contributed by atoms with Crippen molar-refractivity contribution in [2.45, 2.75) is 56.4 Å². The highest BCUT2D eigenvalue weighted by Gasteiger charge is 2.29. The topological polar surface area (TPSA) is 98.7 Å². The van der Waals surface area contributed by atoms with Crippen LogP contribution in [-0.2, 0) is 4.79 Å². The number of hydrogen-bond donors (Lipinski definition) is 4. The molecule has 116 valence electrons. The first-order valence-electron chi connectivity index (χ1n) is 6.94. The van der Waals surface area contributed by atoms with Gasteiger partial charge < -0.3 is 20.8 Å². The Labute approximate surface area is 123 Å². The Morgan fingerprint density at radius 1 is 1.40 bits per heavy atom. The molecule has 2 amide bonds. The van der Waals surface area contributed by atoms with E-state index in [9.17, 15) is 14.7 Å². The molecule has 1 fully saturated rings. The predicted molar refractivity (Wildman–Crippen MR) is 79.0 cm³/mol. The number of carboxylic acids is 1. The molecule has 0 saturated heterocycles. The second-order valence-electron chi connectivity index (χ2n) is 5.43. The van der Waals surface area contributed by atoms with Gasteiger partial charge in [-0.1, -0.05) is 13.3 Å². The zero-order chi connectivity index (χ0) is 15.2. The molecule has 3 atom stereocenters. The third kappa shape index (κ3) is 6.00. The number of amides is 2. The van der Waals surface area contributed by atoms with Gasteiger partial charge in [0.15, 0.2) is 0 Å². The van der Waals surface area contributed by atoms with Gasteiger partial charge in [0.2, 0.25) is 0 Å². The Hall–Kier alpha value is -0.950. The normalized spacial score (nSPS) is 24.9. The minimum Gasteiger partial charge on any atom is -0.481 e. The van der Waals surface area contributed by atoms with Crippen molar-refractivity contribution in [2.75, 3.05) is 12.3 Å². The molecule has 3 unspecified atom stereocenters. The van der Waals surface area contributed by atoms with Crippen LogP contribution < -0.4 is 10.6 Å². The monoisotopic (exact) mass is 304 g/mol. The molecule has 0 heterocycles. The quantitative estimate of drug-likeness (QED) is 0.566. The first-order valence-corrected chi connectivity index (χ1v) is 7.99. The fraction of sp³-hybridized carbons (Fsp3) is 0.846. The summed E-state index contributed by atoms with van der Waals surface area (Å²) in [5, 5.41) is 24.4. The van der Waals surface area contributed by atoms with Gasteiger partial charge in [0.05, 0.1) is 12.0 Å². The molecular formula is C13H24N2O4S. The van der Waals surface area contributed by atoms with E-state index < -0.39 is 18.0 Å². The Morgan fingerprint density at radius 2 is 2.10 bits per heavy atom. The second kappa shape index (κ2) is 7.73. The van der Waals surface area contributed by atoms with Crippen molar-refractivity contribution in [1.82, 2.24) is 10.6 Å². The molecule has 0 aromatic carbocycles. The summed E-state index contributed by atoms with van der Waals surface area (Å²) in [6.07, 6.45) is 2.79. The van der Waals surface area contributed by atoms with E-state index in [0.717, 1.165) is 25.0 Å². The first-order chi connectivity index (χ1) is 9.34. The third-order valence-corrected chi connectivity index (χ3v) is 4.64. The molecule has 0 aromatic rings. The molecule has 1 aliphatic carbocycles. The van der Waals surface area contributed by atoms with Gasteiger partial charge >= 0.3 is 12.0 Å². The van der Waals surface area contributed by atoms with Gasteiger partial charge in [0, 0.05) is 17.8 Å². The van der Waals surface area contributed by atoms with Crippen LogP contribution >= 0.6 is 11.8 Å².